The van der Waals surface area contributed by atoms with Crippen molar-refractivity contribution in [3.8, 4) is 0 Å². The quantitative estimate of drug-likeness (QED) is 0.318. The van der Waals surface area contributed by atoms with Crippen LogP contribution in [0, 0.1) is 0 Å². The molecule has 5 rings (SSSR count). The minimum Gasteiger partial charge on any atom is -0.393 e. The number of rotatable bonds is 7. The molecule has 33 heavy (non-hydrogen) atoms. The molecule has 1 saturated carbocycles. The van der Waals surface area contributed by atoms with Gasteiger partial charge in [0.2, 0.25) is 5.95 Å². The maximum Gasteiger partial charge on any atom is 0.225 e. The van der Waals surface area contributed by atoms with Gasteiger partial charge in [-0.15, -0.1) is 0 Å². The van der Waals surface area contributed by atoms with E-state index in [1.165, 1.54) is 16.9 Å². The molecule has 0 unspecified atom stereocenters. The minimum absolute atomic E-state index is 0.0125. The number of anilines is 3. The van der Waals surface area contributed by atoms with Crippen molar-refractivity contribution >= 4 is 38.5 Å². The minimum atomic E-state index is -0.198. The summed E-state index contributed by atoms with van der Waals surface area (Å²) in [6.45, 7) is 0.0125. The van der Waals surface area contributed by atoms with Crippen LogP contribution in [0.4, 0.5) is 16.9 Å². The normalized spacial score (nSPS) is 18.4. The maximum absolute atomic E-state index is 9.81. The Kier molecular flexibility index (Phi) is 6.48. The van der Waals surface area contributed by atoms with Crippen LogP contribution in [0.25, 0.3) is 10.2 Å². The number of aliphatic hydroxyl groups excluding tert-OH is 2. The fourth-order valence-corrected chi connectivity index (χ4v) is 5.09. The largest absolute Gasteiger partial charge is 0.393 e. The highest BCUT2D eigenvalue weighted by Gasteiger charge is 2.20. The average molecular weight is 462 g/mol. The van der Waals surface area contributed by atoms with E-state index in [4.69, 9.17) is 9.97 Å². The molecule has 170 valence electrons. The monoisotopic (exact) mass is 461 g/mol. The number of benzene rings is 2. The van der Waals surface area contributed by atoms with Gasteiger partial charge in [-0.25, -0.2) is 9.97 Å². The summed E-state index contributed by atoms with van der Waals surface area (Å²) in [6, 6.07) is 18.3. The molecule has 8 heteroatoms. The average Bonchev–Trinajstić information content (AvgIpc) is 3.22. The number of aliphatic hydroxyl groups is 2. The molecule has 0 amide bonds. The number of aromatic nitrogens is 3. The third-order valence-corrected chi connectivity index (χ3v) is 6.84. The zero-order valence-corrected chi connectivity index (χ0v) is 19.1. The van der Waals surface area contributed by atoms with E-state index in [2.05, 4.69) is 27.8 Å². The summed E-state index contributed by atoms with van der Waals surface area (Å²) >= 11 is 1.53. The molecule has 1 aliphatic rings. The lowest BCUT2D eigenvalue weighted by Crippen LogP contribution is -2.29. The summed E-state index contributed by atoms with van der Waals surface area (Å²) in [4.78, 5) is 14.2. The van der Waals surface area contributed by atoms with Crippen molar-refractivity contribution in [2.45, 2.75) is 50.9 Å². The molecular weight excluding hydrogens is 434 g/mol. The Balaban J connectivity index is 1.41. The fourth-order valence-electron chi connectivity index (χ4n) is 4.15. The van der Waals surface area contributed by atoms with Gasteiger partial charge in [-0.05, 0) is 48.9 Å². The second kappa shape index (κ2) is 9.82. The van der Waals surface area contributed by atoms with Gasteiger partial charge in [0, 0.05) is 18.5 Å². The van der Waals surface area contributed by atoms with Crippen LogP contribution in [0.2, 0.25) is 0 Å². The molecule has 4 aromatic rings. The predicted octanol–water partition coefficient (Wildman–Crippen LogP) is 4.63. The first-order chi connectivity index (χ1) is 16.1. The summed E-state index contributed by atoms with van der Waals surface area (Å²) in [7, 11) is 0. The Morgan fingerprint density at radius 1 is 0.909 bits per heavy atom. The lowest BCUT2D eigenvalue weighted by Gasteiger charge is -2.26. The van der Waals surface area contributed by atoms with Crippen LogP contribution in [-0.2, 0) is 13.0 Å². The molecule has 0 radical (unpaired) electrons. The highest BCUT2D eigenvalue weighted by molar-refractivity contribution is 7.22. The van der Waals surface area contributed by atoms with Gasteiger partial charge in [-0.3, -0.25) is 0 Å². The number of fused-ring (bicyclic) bond motifs is 1. The van der Waals surface area contributed by atoms with Gasteiger partial charge in [-0.2, -0.15) is 4.98 Å². The number of nitrogens with one attached hydrogen (secondary N) is 2. The van der Waals surface area contributed by atoms with Gasteiger partial charge in [0.15, 0.2) is 5.13 Å². The summed E-state index contributed by atoms with van der Waals surface area (Å²) in [5.41, 5.74) is 3.86. The molecule has 7 nitrogen and oxygen atoms in total. The lowest BCUT2D eigenvalue weighted by atomic mass is 9.93. The van der Waals surface area contributed by atoms with Crippen molar-refractivity contribution in [1.29, 1.82) is 0 Å². The number of hydrogen-bond donors (Lipinski definition) is 4. The van der Waals surface area contributed by atoms with E-state index in [9.17, 15) is 10.2 Å². The lowest BCUT2D eigenvalue weighted by molar-refractivity contribution is 0.126. The highest BCUT2D eigenvalue weighted by atomic mass is 32.1. The Bertz CT molecular complexity index is 1220. The summed E-state index contributed by atoms with van der Waals surface area (Å²) in [6.07, 6.45) is 3.91. The van der Waals surface area contributed by atoms with E-state index in [1.807, 2.05) is 42.5 Å². The Labute approximate surface area is 196 Å². The van der Waals surface area contributed by atoms with Gasteiger partial charge in [-0.1, -0.05) is 47.7 Å². The molecular formula is C25H27N5O2S. The van der Waals surface area contributed by atoms with E-state index < -0.39 is 0 Å². The first-order valence-electron chi connectivity index (χ1n) is 11.3. The van der Waals surface area contributed by atoms with Crippen molar-refractivity contribution in [3.63, 3.8) is 0 Å². The first-order valence-corrected chi connectivity index (χ1v) is 12.1. The van der Waals surface area contributed by atoms with E-state index in [0.717, 1.165) is 52.3 Å². The maximum atomic E-state index is 9.81. The van der Waals surface area contributed by atoms with Crippen molar-refractivity contribution in [1.82, 2.24) is 15.0 Å². The third-order valence-electron chi connectivity index (χ3n) is 5.91. The predicted molar refractivity (Wildman–Crippen MR) is 132 cm³/mol. The molecule has 0 aliphatic heterocycles. The smallest absolute Gasteiger partial charge is 0.225 e. The molecule has 0 atom stereocenters. The summed E-state index contributed by atoms with van der Waals surface area (Å²) < 4.78 is 1.02. The van der Waals surface area contributed by atoms with Crippen LogP contribution in [0.3, 0.4) is 0 Å². The number of nitrogens with zero attached hydrogens (tertiary/aromatic N) is 3. The van der Waals surface area contributed by atoms with Crippen molar-refractivity contribution < 1.29 is 10.2 Å². The second-order valence-electron chi connectivity index (χ2n) is 8.48. The van der Waals surface area contributed by atoms with E-state index in [-0.39, 0.29) is 18.8 Å². The molecule has 0 bridgehead atoms. The third kappa shape index (κ3) is 5.47. The topological polar surface area (TPSA) is 103 Å². The summed E-state index contributed by atoms with van der Waals surface area (Å²) in [5, 5.41) is 26.8. The molecule has 2 aromatic heterocycles. The van der Waals surface area contributed by atoms with Crippen LogP contribution in [0.5, 0.6) is 0 Å². The van der Waals surface area contributed by atoms with Crippen LogP contribution in [-0.4, -0.2) is 37.3 Å². The zero-order chi connectivity index (χ0) is 22.6. The second-order valence-corrected chi connectivity index (χ2v) is 9.52. The first kappa shape index (κ1) is 21.8. The summed E-state index contributed by atoms with van der Waals surface area (Å²) in [5.74, 6) is 1.28. The number of thiazole rings is 1. The van der Waals surface area contributed by atoms with E-state index >= 15 is 0 Å². The van der Waals surface area contributed by atoms with Crippen molar-refractivity contribution in [2.75, 3.05) is 10.6 Å². The molecule has 2 heterocycles. The van der Waals surface area contributed by atoms with Gasteiger partial charge >= 0.3 is 0 Å². The molecule has 2 aromatic carbocycles. The Morgan fingerprint density at radius 3 is 2.52 bits per heavy atom. The Morgan fingerprint density at radius 2 is 1.73 bits per heavy atom. The molecule has 0 saturated heterocycles. The van der Waals surface area contributed by atoms with Gasteiger partial charge < -0.3 is 20.8 Å². The van der Waals surface area contributed by atoms with Gasteiger partial charge in [0.25, 0.3) is 0 Å². The highest BCUT2D eigenvalue weighted by Crippen LogP contribution is 2.29. The van der Waals surface area contributed by atoms with Crippen molar-refractivity contribution in [2.24, 2.45) is 0 Å². The SMILES string of the molecule is OCc1ccc2nc(Nc3cc(Cc4ccccc4)nc(N[C@H]4CC[C@H](O)CC4)n3)sc2c1. The zero-order valence-electron chi connectivity index (χ0n) is 18.2. The van der Waals surface area contributed by atoms with Crippen LogP contribution < -0.4 is 10.6 Å². The van der Waals surface area contributed by atoms with Crippen LogP contribution in [0.15, 0.2) is 54.6 Å². The van der Waals surface area contributed by atoms with Crippen molar-refractivity contribution in [3.05, 3.63) is 71.4 Å². The molecule has 1 fully saturated rings. The Hall–Kier alpha value is -3.07. The molecule has 0 spiro atoms. The van der Waals surface area contributed by atoms with E-state index in [0.29, 0.717) is 18.2 Å². The standard InChI is InChI=1S/C25H27N5O2S/c31-15-17-6-11-21-22(13-17)33-25(28-21)30-23-14-19(12-16-4-2-1-3-5-16)27-24(29-23)26-18-7-9-20(32)10-8-18/h1-6,11,13-14,18,20,31-32H,7-10,12,15H2,(H2,26,27,28,29,30)/t18-,20-. The number of hydrogen-bond acceptors (Lipinski definition) is 8. The van der Waals surface area contributed by atoms with Gasteiger partial charge in [0.1, 0.15) is 5.82 Å². The molecule has 1 aliphatic carbocycles. The molecule has 4 N–H and O–H groups in total. The van der Waals surface area contributed by atoms with Crippen LogP contribution >= 0.6 is 11.3 Å². The van der Waals surface area contributed by atoms with Gasteiger partial charge in [0.05, 0.1) is 28.6 Å². The van der Waals surface area contributed by atoms with E-state index in [1.54, 1.807) is 0 Å². The van der Waals surface area contributed by atoms with Crippen LogP contribution in [0.1, 0.15) is 42.5 Å². The fraction of sp³-hybridized carbons (Fsp3) is 0.320.